The van der Waals surface area contributed by atoms with E-state index in [0.717, 1.165) is 31.0 Å². The van der Waals surface area contributed by atoms with E-state index in [0.29, 0.717) is 44.4 Å². The fourth-order valence-electron chi connectivity index (χ4n) is 6.00. The van der Waals surface area contributed by atoms with Gasteiger partial charge in [0.05, 0.1) is 24.0 Å². The van der Waals surface area contributed by atoms with E-state index in [1.807, 2.05) is 0 Å². The first-order valence-corrected chi connectivity index (χ1v) is 19.0. The van der Waals surface area contributed by atoms with Gasteiger partial charge in [0.15, 0.2) is 23.3 Å². The Morgan fingerprint density at radius 3 is 2.36 bits per heavy atom. The number of hydrogen-bond donors (Lipinski definition) is 0. The molecule has 0 unspecified atom stereocenters. The molecule has 0 radical (unpaired) electrons. The highest BCUT2D eigenvalue weighted by molar-refractivity contribution is 6.76. The largest absolute Gasteiger partial charge is 0.480 e. The van der Waals surface area contributed by atoms with Crippen LogP contribution in [-0.4, -0.2) is 62.7 Å². The molecule has 4 heterocycles. The molecule has 1 saturated heterocycles. The molecular weight excluding hydrogens is 613 g/mol. The molecule has 3 aromatic rings. The molecule has 0 amide bonds. The van der Waals surface area contributed by atoms with Crippen molar-refractivity contribution in [1.29, 1.82) is 0 Å². The molecule has 45 heavy (non-hydrogen) atoms. The number of benzene rings is 1. The van der Waals surface area contributed by atoms with E-state index in [1.54, 1.807) is 0 Å². The van der Waals surface area contributed by atoms with E-state index in [4.69, 9.17) is 18.9 Å². The van der Waals surface area contributed by atoms with Crippen LogP contribution in [0.25, 0.3) is 11.0 Å². The molecule has 2 aromatic heterocycles. The van der Waals surface area contributed by atoms with Crippen LogP contribution < -0.4 is 4.74 Å². The summed E-state index contributed by atoms with van der Waals surface area (Å²) in [5.74, 6) is -2.39. The van der Waals surface area contributed by atoms with E-state index in [2.05, 4.69) is 29.6 Å². The standard InChI is InChI=1S/C32H38F5N3O4Si/c1-45(2,3)13-12-42-20-40-17-22(31(5-6-31)32(35,36)37)27-25(4-9-38-29(27)40)44-28-23(33)14-21(15-24(28)34)16-26-39-18-30(19-43-26)7-10-41-11-8-30/h4,9,14-15,17H,5-8,10-13,16,18-20H2,1-3H3. The van der Waals surface area contributed by atoms with Gasteiger partial charge in [-0.15, -0.1) is 0 Å². The molecule has 2 fully saturated rings. The van der Waals surface area contributed by atoms with E-state index >= 15 is 8.78 Å². The van der Waals surface area contributed by atoms with E-state index in [-0.39, 0.29) is 53.8 Å². The number of pyridine rings is 1. The first kappa shape index (κ1) is 31.9. The number of ether oxygens (including phenoxy) is 4. The summed E-state index contributed by atoms with van der Waals surface area (Å²) in [6.45, 7) is 9.43. The Kier molecular flexibility index (Phi) is 8.49. The Labute approximate surface area is 259 Å². The number of alkyl halides is 3. The molecule has 7 nitrogen and oxygen atoms in total. The molecule has 13 heteroatoms. The summed E-state index contributed by atoms with van der Waals surface area (Å²) in [4.78, 5) is 8.87. The van der Waals surface area contributed by atoms with E-state index < -0.39 is 37.0 Å². The van der Waals surface area contributed by atoms with Crippen LogP contribution >= 0.6 is 0 Å². The molecule has 6 rings (SSSR count). The fourth-order valence-corrected chi connectivity index (χ4v) is 6.75. The summed E-state index contributed by atoms with van der Waals surface area (Å²) in [6, 6.07) is 4.49. The lowest BCUT2D eigenvalue weighted by atomic mass is 9.80. The molecule has 0 atom stereocenters. The highest BCUT2D eigenvalue weighted by atomic mass is 28.3. The highest BCUT2D eigenvalue weighted by Crippen LogP contribution is 2.61. The zero-order chi connectivity index (χ0) is 32.0. The molecule has 1 spiro atoms. The predicted molar refractivity (Wildman–Crippen MR) is 162 cm³/mol. The summed E-state index contributed by atoms with van der Waals surface area (Å²) in [5.41, 5.74) is -1.68. The molecule has 0 N–H and O–H groups in total. The van der Waals surface area contributed by atoms with Crippen LogP contribution in [0.2, 0.25) is 25.7 Å². The summed E-state index contributed by atoms with van der Waals surface area (Å²) in [7, 11) is -1.38. The first-order chi connectivity index (χ1) is 21.3. The van der Waals surface area contributed by atoms with Gasteiger partial charge in [-0.25, -0.2) is 13.8 Å². The lowest BCUT2D eigenvalue weighted by molar-refractivity contribution is -0.160. The van der Waals surface area contributed by atoms with E-state index in [1.165, 1.54) is 23.0 Å². The third kappa shape index (κ3) is 6.62. The maximum absolute atomic E-state index is 15.4. The van der Waals surface area contributed by atoms with Crippen molar-refractivity contribution in [3.05, 3.63) is 53.4 Å². The Morgan fingerprint density at radius 1 is 1.04 bits per heavy atom. The third-order valence-electron chi connectivity index (χ3n) is 9.07. The smallest absolute Gasteiger partial charge is 0.398 e. The second-order valence-corrected chi connectivity index (χ2v) is 19.3. The topological polar surface area (TPSA) is 67.1 Å². The van der Waals surface area contributed by atoms with Crippen molar-refractivity contribution in [1.82, 2.24) is 9.55 Å². The lowest BCUT2D eigenvalue weighted by Crippen LogP contribution is -2.41. The summed E-state index contributed by atoms with van der Waals surface area (Å²) in [6.07, 6.45) is -0.184. The molecule has 2 aliphatic heterocycles. The number of nitrogens with zero attached hydrogens (tertiary/aromatic N) is 3. The predicted octanol–water partition coefficient (Wildman–Crippen LogP) is 7.78. The first-order valence-electron chi connectivity index (χ1n) is 15.3. The van der Waals surface area contributed by atoms with Crippen LogP contribution in [0.5, 0.6) is 11.5 Å². The second kappa shape index (κ2) is 12.0. The zero-order valence-electron chi connectivity index (χ0n) is 25.7. The highest BCUT2D eigenvalue weighted by Gasteiger charge is 2.65. The summed E-state index contributed by atoms with van der Waals surface area (Å²) >= 11 is 0. The number of aliphatic imine (C=N–C) groups is 1. The SMILES string of the molecule is C[Si](C)(C)CCOCn1cc(C2(C(F)(F)F)CC2)c2c(Oc3c(F)cc(CC4=NCC5(CCOCC5)CO4)cc3F)ccnc21. The quantitative estimate of drug-likeness (QED) is 0.127. The summed E-state index contributed by atoms with van der Waals surface area (Å²) < 4.78 is 98.2. The molecule has 1 aliphatic carbocycles. The number of halogens is 5. The van der Waals surface area contributed by atoms with Crippen molar-refractivity contribution >= 4 is 25.0 Å². The molecule has 1 aromatic carbocycles. The average molecular weight is 652 g/mol. The van der Waals surface area contributed by atoms with Gasteiger partial charge in [0.2, 0.25) is 0 Å². The molecule has 0 bridgehead atoms. The summed E-state index contributed by atoms with van der Waals surface area (Å²) in [5, 5.41) is 0.0657. The number of fused-ring (bicyclic) bond motifs is 1. The van der Waals surface area contributed by atoms with Gasteiger partial charge >= 0.3 is 6.18 Å². The monoisotopic (exact) mass is 651 g/mol. The van der Waals surface area contributed by atoms with Crippen LogP contribution in [0.15, 0.2) is 35.6 Å². The van der Waals surface area contributed by atoms with Crippen LogP contribution in [0.1, 0.15) is 36.8 Å². The Bertz CT molecular complexity index is 1570. The van der Waals surface area contributed by atoms with Crippen molar-refractivity contribution in [3.63, 3.8) is 0 Å². The van der Waals surface area contributed by atoms with Gasteiger partial charge in [0.25, 0.3) is 0 Å². The van der Waals surface area contributed by atoms with E-state index in [9.17, 15) is 13.2 Å². The molecule has 244 valence electrons. The van der Waals surface area contributed by atoms with Crippen LogP contribution in [0.4, 0.5) is 22.0 Å². The second-order valence-electron chi connectivity index (χ2n) is 13.7. The zero-order valence-corrected chi connectivity index (χ0v) is 26.7. The van der Waals surface area contributed by atoms with Crippen molar-refractivity contribution in [3.8, 4) is 11.5 Å². The Hall–Kier alpha value is -3.03. The van der Waals surface area contributed by atoms with Gasteiger partial charge in [0, 0.05) is 52.1 Å². The van der Waals surface area contributed by atoms with Crippen LogP contribution in [-0.2, 0) is 32.8 Å². The van der Waals surface area contributed by atoms with Crippen molar-refractivity contribution in [2.75, 3.05) is 33.0 Å². The van der Waals surface area contributed by atoms with Gasteiger partial charge in [-0.05, 0) is 61.1 Å². The van der Waals surface area contributed by atoms with Gasteiger partial charge in [-0.2, -0.15) is 13.2 Å². The number of aromatic nitrogens is 2. The third-order valence-corrected chi connectivity index (χ3v) is 10.8. The Morgan fingerprint density at radius 2 is 1.76 bits per heavy atom. The van der Waals surface area contributed by atoms with Gasteiger partial charge in [-0.3, -0.25) is 4.99 Å². The molecule has 3 aliphatic rings. The molecular formula is C32H38F5N3O4Si. The fraction of sp³-hybridized carbons (Fsp3) is 0.562. The normalized spacial score (nSPS) is 19.4. The van der Waals surface area contributed by atoms with Crippen LogP contribution in [0.3, 0.4) is 0 Å². The minimum atomic E-state index is -4.52. The van der Waals surface area contributed by atoms with Gasteiger partial charge in [-0.1, -0.05) is 19.6 Å². The van der Waals surface area contributed by atoms with Gasteiger partial charge < -0.3 is 23.5 Å². The van der Waals surface area contributed by atoms with Crippen molar-refractivity contribution in [2.24, 2.45) is 10.4 Å². The maximum atomic E-state index is 15.4. The van der Waals surface area contributed by atoms with Crippen molar-refractivity contribution in [2.45, 2.75) is 76.1 Å². The number of hydrogen-bond acceptors (Lipinski definition) is 6. The van der Waals surface area contributed by atoms with Crippen LogP contribution in [0, 0.1) is 17.0 Å². The number of rotatable bonds is 10. The van der Waals surface area contributed by atoms with Crippen molar-refractivity contribution < 1.29 is 40.9 Å². The minimum Gasteiger partial charge on any atom is -0.480 e. The Balaban J connectivity index is 1.27. The maximum Gasteiger partial charge on any atom is 0.398 e. The molecule has 1 saturated carbocycles. The lowest BCUT2D eigenvalue weighted by Gasteiger charge is -2.38. The van der Waals surface area contributed by atoms with Gasteiger partial charge in [0.1, 0.15) is 18.1 Å². The average Bonchev–Trinajstić information content (AvgIpc) is 3.71. The minimum absolute atomic E-state index is 0.0103.